The number of carbonyl (C=O) groups excluding carboxylic acids is 1. The molecule has 1 atom stereocenters. The standard InChI is InChI=1S/C24H24N2O3S/c27-23(15-19-16-30-24(25-19)17-6-2-1-3-7-17)26-11-4-8-20(26)18-9-10-21-22(14-18)29-13-5-12-28-21/h1-3,6-7,9-10,14,16,20H,4-5,8,11-13,15H2/t20-/m0/s1. The van der Waals surface area contributed by atoms with Gasteiger partial charge in [-0.25, -0.2) is 4.98 Å². The molecule has 0 radical (unpaired) electrons. The first-order chi connectivity index (χ1) is 14.8. The van der Waals surface area contributed by atoms with Crippen LogP contribution in [0, 0.1) is 0 Å². The summed E-state index contributed by atoms with van der Waals surface area (Å²) < 4.78 is 11.6. The maximum absolute atomic E-state index is 13.1. The highest BCUT2D eigenvalue weighted by molar-refractivity contribution is 7.13. The first-order valence-corrected chi connectivity index (χ1v) is 11.3. The molecule has 1 amide bonds. The van der Waals surface area contributed by atoms with Crippen molar-refractivity contribution in [2.75, 3.05) is 19.8 Å². The maximum atomic E-state index is 13.1. The third kappa shape index (κ3) is 3.92. The monoisotopic (exact) mass is 420 g/mol. The molecule has 1 saturated heterocycles. The summed E-state index contributed by atoms with van der Waals surface area (Å²) in [7, 11) is 0. The normalized spacial score (nSPS) is 18.3. The van der Waals surface area contributed by atoms with E-state index in [1.165, 1.54) is 0 Å². The number of amides is 1. The van der Waals surface area contributed by atoms with Crippen molar-refractivity contribution < 1.29 is 14.3 Å². The largest absolute Gasteiger partial charge is 0.490 e. The molecule has 1 fully saturated rings. The zero-order valence-corrected chi connectivity index (χ0v) is 17.6. The lowest BCUT2D eigenvalue weighted by atomic mass is 10.0. The average Bonchev–Trinajstić information content (AvgIpc) is 3.39. The average molecular weight is 421 g/mol. The highest BCUT2D eigenvalue weighted by atomic mass is 32.1. The van der Waals surface area contributed by atoms with Gasteiger partial charge in [0.15, 0.2) is 11.5 Å². The summed E-state index contributed by atoms with van der Waals surface area (Å²) in [5.41, 5.74) is 3.05. The highest BCUT2D eigenvalue weighted by Crippen LogP contribution is 2.38. The lowest BCUT2D eigenvalue weighted by molar-refractivity contribution is -0.131. The Bertz CT molecular complexity index is 1030. The van der Waals surface area contributed by atoms with Crippen LogP contribution in [0.15, 0.2) is 53.9 Å². The van der Waals surface area contributed by atoms with Crippen LogP contribution in [0.1, 0.15) is 36.6 Å². The van der Waals surface area contributed by atoms with Crippen LogP contribution in [-0.4, -0.2) is 35.5 Å². The zero-order valence-electron chi connectivity index (χ0n) is 16.8. The molecule has 0 bridgehead atoms. The quantitative estimate of drug-likeness (QED) is 0.604. The molecule has 5 nitrogen and oxygen atoms in total. The number of nitrogens with zero attached hydrogens (tertiary/aromatic N) is 2. The molecule has 3 heterocycles. The lowest BCUT2D eigenvalue weighted by Gasteiger charge is -2.25. The molecular formula is C24H24N2O3S. The van der Waals surface area contributed by atoms with Gasteiger partial charge in [0.05, 0.1) is 31.4 Å². The van der Waals surface area contributed by atoms with Crippen molar-refractivity contribution in [1.82, 2.24) is 9.88 Å². The molecule has 0 aliphatic carbocycles. The van der Waals surface area contributed by atoms with E-state index < -0.39 is 0 Å². The van der Waals surface area contributed by atoms with Gasteiger partial charge >= 0.3 is 0 Å². The Morgan fingerprint density at radius 1 is 1.07 bits per heavy atom. The topological polar surface area (TPSA) is 51.7 Å². The summed E-state index contributed by atoms with van der Waals surface area (Å²) in [6.45, 7) is 2.13. The minimum absolute atomic E-state index is 0.0851. The van der Waals surface area contributed by atoms with Gasteiger partial charge < -0.3 is 14.4 Å². The number of carbonyl (C=O) groups is 1. The van der Waals surface area contributed by atoms with Gasteiger partial charge in [-0.3, -0.25) is 4.79 Å². The predicted octanol–water partition coefficient (Wildman–Crippen LogP) is 4.88. The molecule has 6 heteroatoms. The molecular weight excluding hydrogens is 396 g/mol. The molecule has 0 spiro atoms. The fourth-order valence-corrected chi connectivity index (χ4v) is 4.98. The highest BCUT2D eigenvalue weighted by Gasteiger charge is 2.31. The van der Waals surface area contributed by atoms with E-state index in [0.29, 0.717) is 19.6 Å². The van der Waals surface area contributed by atoms with Crippen LogP contribution < -0.4 is 9.47 Å². The van der Waals surface area contributed by atoms with Crippen LogP contribution in [0.3, 0.4) is 0 Å². The molecule has 1 aromatic heterocycles. The summed E-state index contributed by atoms with van der Waals surface area (Å²) in [5, 5.41) is 2.96. The summed E-state index contributed by atoms with van der Waals surface area (Å²) in [4.78, 5) is 19.8. The van der Waals surface area contributed by atoms with Crippen molar-refractivity contribution in [3.63, 3.8) is 0 Å². The molecule has 2 aliphatic rings. The molecule has 5 rings (SSSR count). The van der Waals surface area contributed by atoms with Gasteiger partial charge in [-0.05, 0) is 30.5 Å². The third-order valence-electron chi connectivity index (χ3n) is 5.63. The molecule has 3 aromatic rings. The van der Waals surface area contributed by atoms with Crippen molar-refractivity contribution in [3.05, 3.63) is 65.2 Å². The first kappa shape index (κ1) is 19.1. The van der Waals surface area contributed by atoms with Crippen molar-refractivity contribution in [1.29, 1.82) is 0 Å². The van der Waals surface area contributed by atoms with Gasteiger partial charge in [0.2, 0.25) is 5.91 Å². The van der Waals surface area contributed by atoms with Gasteiger partial charge in [-0.2, -0.15) is 0 Å². The maximum Gasteiger partial charge on any atom is 0.229 e. The predicted molar refractivity (Wildman–Crippen MR) is 117 cm³/mol. The van der Waals surface area contributed by atoms with Crippen LogP contribution in [0.25, 0.3) is 10.6 Å². The SMILES string of the molecule is O=C(Cc1csc(-c2ccccc2)n1)N1CCC[C@H]1c1ccc2c(c1)OCCCO2. The van der Waals surface area contributed by atoms with Crippen LogP contribution in [-0.2, 0) is 11.2 Å². The van der Waals surface area contributed by atoms with E-state index in [1.54, 1.807) is 11.3 Å². The Labute approximate surface area is 180 Å². The third-order valence-corrected chi connectivity index (χ3v) is 6.57. The Morgan fingerprint density at radius 2 is 1.90 bits per heavy atom. The minimum Gasteiger partial charge on any atom is -0.490 e. The minimum atomic E-state index is 0.0851. The van der Waals surface area contributed by atoms with Crippen LogP contribution >= 0.6 is 11.3 Å². The van der Waals surface area contributed by atoms with Crippen molar-refractivity contribution in [3.8, 4) is 22.1 Å². The first-order valence-electron chi connectivity index (χ1n) is 10.5. The fraction of sp³-hybridized carbons (Fsp3) is 0.333. The zero-order chi connectivity index (χ0) is 20.3. The number of hydrogen-bond acceptors (Lipinski definition) is 5. The van der Waals surface area contributed by atoms with E-state index in [0.717, 1.165) is 59.1 Å². The van der Waals surface area contributed by atoms with E-state index in [-0.39, 0.29) is 11.9 Å². The van der Waals surface area contributed by atoms with E-state index >= 15 is 0 Å². The summed E-state index contributed by atoms with van der Waals surface area (Å²) in [6, 6.07) is 16.3. The number of benzene rings is 2. The molecule has 0 unspecified atom stereocenters. The Kier molecular flexibility index (Phi) is 5.41. The van der Waals surface area contributed by atoms with Crippen molar-refractivity contribution in [2.45, 2.75) is 31.7 Å². The molecule has 2 aliphatic heterocycles. The summed E-state index contributed by atoms with van der Waals surface area (Å²) >= 11 is 1.59. The van der Waals surface area contributed by atoms with E-state index in [1.807, 2.05) is 52.7 Å². The second-order valence-corrected chi connectivity index (χ2v) is 8.55. The Balaban J connectivity index is 1.31. The van der Waals surface area contributed by atoms with Crippen LogP contribution in [0.4, 0.5) is 0 Å². The van der Waals surface area contributed by atoms with Gasteiger partial charge in [0.1, 0.15) is 5.01 Å². The van der Waals surface area contributed by atoms with E-state index in [4.69, 9.17) is 14.5 Å². The number of likely N-dealkylation sites (tertiary alicyclic amines) is 1. The second kappa shape index (κ2) is 8.48. The molecule has 0 saturated carbocycles. The van der Waals surface area contributed by atoms with E-state index in [2.05, 4.69) is 6.07 Å². The molecule has 2 aromatic carbocycles. The Morgan fingerprint density at radius 3 is 2.77 bits per heavy atom. The van der Waals surface area contributed by atoms with Crippen LogP contribution in [0.5, 0.6) is 11.5 Å². The number of aromatic nitrogens is 1. The smallest absolute Gasteiger partial charge is 0.229 e. The lowest BCUT2D eigenvalue weighted by Crippen LogP contribution is -2.31. The number of hydrogen-bond donors (Lipinski definition) is 0. The van der Waals surface area contributed by atoms with Gasteiger partial charge in [0, 0.05) is 23.9 Å². The number of rotatable bonds is 4. The summed E-state index contributed by atoms with van der Waals surface area (Å²) in [6.07, 6.45) is 3.20. The fourth-order valence-electron chi connectivity index (χ4n) is 4.16. The van der Waals surface area contributed by atoms with Crippen molar-refractivity contribution >= 4 is 17.2 Å². The van der Waals surface area contributed by atoms with Crippen LogP contribution in [0.2, 0.25) is 0 Å². The summed E-state index contributed by atoms with van der Waals surface area (Å²) in [5.74, 6) is 1.72. The molecule has 0 N–H and O–H groups in total. The molecule has 30 heavy (non-hydrogen) atoms. The van der Waals surface area contributed by atoms with Gasteiger partial charge in [-0.15, -0.1) is 11.3 Å². The number of fused-ring (bicyclic) bond motifs is 1. The second-order valence-electron chi connectivity index (χ2n) is 7.69. The van der Waals surface area contributed by atoms with Crippen molar-refractivity contribution in [2.24, 2.45) is 0 Å². The number of ether oxygens (including phenoxy) is 2. The Hall–Kier alpha value is -2.86. The molecule has 154 valence electrons. The van der Waals surface area contributed by atoms with E-state index in [9.17, 15) is 4.79 Å². The number of thiazole rings is 1. The van der Waals surface area contributed by atoms with Gasteiger partial charge in [0.25, 0.3) is 0 Å². The van der Waals surface area contributed by atoms with Gasteiger partial charge in [-0.1, -0.05) is 36.4 Å².